The smallest absolute Gasteiger partial charge is 0.325 e. The summed E-state index contributed by atoms with van der Waals surface area (Å²) in [5.74, 6) is -0.0122. The summed E-state index contributed by atoms with van der Waals surface area (Å²) in [6, 6.07) is 4.13. The Kier molecular flexibility index (Phi) is 6.99. The minimum atomic E-state index is -4.02. The standard InChI is InChI=1S/C20H22N5O8PS/c1-33-18-17-13(10-15(22-18)23-7-4-12(5-8-23)6-9-34(30,31)32)11-21-24(20(17)27)19(26)14-2-3-16(35-14)25(28)29/h2-3,10-12H,4-9H2,1H3,(H2,30,31,32). The predicted octanol–water partition coefficient (Wildman–Crippen LogP) is 2.24. The highest BCUT2D eigenvalue weighted by Crippen LogP contribution is 2.38. The molecule has 2 N–H and O–H groups in total. The molecular formula is C20H22N5O8PS. The summed E-state index contributed by atoms with van der Waals surface area (Å²) >= 11 is 0.649. The van der Waals surface area contributed by atoms with Gasteiger partial charge in [0.15, 0.2) is 0 Å². The molecule has 35 heavy (non-hydrogen) atoms. The topological polar surface area (TPSA) is 178 Å². The molecule has 3 aromatic rings. The minimum Gasteiger partial charge on any atom is -0.480 e. The summed E-state index contributed by atoms with van der Waals surface area (Å²) in [6.07, 6.45) is 3.15. The van der Waals surface area contributed by atoms with E-state index >= 15 is 0 Å². The molecule has 4 rings (SSSR count). The molecule has 0 aromatic carbocycles. The molecule has 0 spiro atoms. The van der Waals surface area contributed by atoms with Gasteiger partial charge in [0, 0.05) is 24.5 Å². The van der Waals surface area contributed by atoms with E-state index in [1.165, 1.54) is 25.4 Å². The first-order valence-corrected chi connectivity index (χ1v) is 13.2. The number of hydrogen-bond acceptors (Lipinski definition) is 10. The van der Waals surface area contributed by atoms with Gasteiger partial charge in [0.25, 0.3) is 11.5 Å². The van der Waals surface area contributed by atoms with Crippen LogP contribution in [0.3, 0.4) is 0 Å². The van der Waals surface area contributed by atoms with Crippen molar-refractivity contribution in [3.63, 3.8) is 0 Å². The average Bonchev–Trinajstić information content (AvgIpc) is 3.32. The summed E-state index contributed by atoms with van der Waals surface area (Å²) in [6.45, 7) is 1.24. The number of nitrogens with zero attached hydrogens (tertiary/aromatic N) is 5. The van der Waals surface area contributed by atoms with Gasteiger partial charge in [0.2, 0.25) is 5.88 Å². The number of methoxy groups -OCH3 is 1. The van der Waals surface area contributed by atoms with Crippen LogP contribution in [-0.4, -0.2) is 61.7 Å². The maximum absolute atomic E-state index is 13.1. The summed E-state index contributed by atoms with van der Waals surface area (Å²) in [7, 11) is -2.66. The van der Waals surface area contributed by atoms with Crippen molar-refractivity contribution in [3.8, 4) is 5.88 Å². The van der Waals surface area contributed by atoms with Crippen molar-refractivity contribution < 1.29 is 28.8 Å². The second-order valence-corrected chi connectivity index (χ2v) is 11.0. The SMILES string of the molecule is COc1nc(N2CCC(CCP(=O)(O)O)CC2)cc2cnn(C(=O)c3ccc([N+](=O)[O-])s3)c(=O)c12. The monoisotopic (exact) mass is 523 g/mol. The van der Waals surface area contributed by atoms with Crippen LogP contribution in [0.1, 0.15) is 28.9 Å². The Morgan fingerprint density at radius 1 is 1.34 bits per heavy atom. The first-order valence-electron chi connectivity index (χ1n) is 10.6. The van der Waals surface area contributed by atoms with Crippen LogP contribution in [0.4, 0.5) is 10.8 Å². The molecule has 0 amide bonds. The van der Waals surface area contributed by atoms with Gasteiger partial charge >= 0.3 is 12.6 Å². The van der Waals surface area contributed by atoms with E-state index in [1.54, 1.807) is 6.07 Å². The normalized spacial score (nSPS) is 14.9. The molecule has 186 valence electrons. The Balaban J connectivity index is 1.59. The minimum absolute atomic E-state index is 0.00387. The van der Waals surface area contributed by atoms with Crippen LogP contribution in [-0.2, 0) is 4.57 Å². The fraction of sp³-hybridized carbons (Fsp3) is 0.400. The van der Waals surface area contributed by atoms with Crippen LogP contribution in [0.15, 0.2) is 29.2 Å². The van der Waals surface area contributed by atoms with E-state index in [2.05, 4.69) is 10.1 Å². The number of nitro groups is 1. The van der Waals surface area contributed by atoms with Crippen LogP contribution >= 0.6 is 18.9 Å². The highest BCUT2D eigenvalue weighted by Gasteiger charge is 2.25. The second kappa shape index (κ2) is 9.82. The van der Waals surface area contributed by atoms with Gasteiger partial charge in [0.05, 0.1) is 24.4 Å². The van der Waals surface area contributed by atoms with Crippen LogP contribution < -0.4 is 15.2 Å². The van der Waals surface area contributed by atoms with Crippen molar-refractivity contribution in [2.24, 2.45) is 5.92 Å². The number of carbonyl (C=O) groups excluding carboxylic acids is 1. The molecule has 0 atom stereocenters. The van der Waals surface area contributed by atoms with Crippen LogP contribution in [0.25, 0.3) is 10.8 Å². The van der Waals surface area contributed by atoms with E-state index < -0.39 is 24.0 Å². The third-order valence-electron chi connectivity index (χ3n) is 5.86. The third-order valence-corrected chi connectivity index (χ3v) is 7.72. The molecule has 3 aromatic heterocycles. The summed E-state index contributed by atoms with van der Waals surface area (Å²) < 4.78 is 17.1. The number of anilines is 1. The Morgan fingerprint density at radius 2 is 2.06 bits per heavy atom. The van der Waals surface area contributed by atoms with Gasteiger partial charge in [0.1, 0.15) is 16.1 Å². The molecule has 1 fully saturated rings. The first kappa shape index (κ1) is 24.9. The number of carbonyl (C=O) groups is 1. The zero-order valence-electron chi connectivity index (χ0n) is 18.6. The first-order chi connectivity index (χ1) is 16.6. The number of piperidine rings is 1. The highest BCUT2D eigenvalue weighted by atomic mass is 32.1. The number of pyridine rings is 1. The van der Waals surface area contributed by atoms with Gasteiger partial charge in [-0.3, -0.25) is 24.3 Å². The van der Waals surface area contributed by atoms with Gasteiger partial charge in [-0.25, -0.2) is 0 Å². The molecule has 0 unspecified atom stereocenters. The van der Waals surface area contributed by atoms with E-state index in [9.17, 15) is 24.3 Å². The second-order valence-electron chi connectivity index (χ2n) is 8.12. The quantitative estimate of drug-likeness (QED) is 0.264. The number of ether oxygens (including phenoxy) is 1. The van der Waals surface area contributed by atoms with E-state index in [0.29, 0.717) is 46.7 Å². The number of hydrogen-bond donors (Lipinski definition) is 2. The van der Waals surface area contributed by atoms with Crippen molar-refractivity contribution in [1.29, 1.82) is 0 Å². The zero-order valence-corrected chi connectivity index (χ0v) is 20.3. The average molecular weight is 523 g/mol. The summed E-state index contributed by atoms with van der Waals surface area (Å²) in [5, 5.41) is 15.1. The number of aromatic nitrogens is 3. The highest BCUT2D eigenvalue weighted by molar-refractivity contribution is 7.51. The number of fused-ring (bicyclic) bond motifs is 1. The van der Waals surface area contributed by atoms with Gasteiger partial charge in [-0.2, -0.15) is 14.8 Å². The Morgan fingerprint density at radius 3 is 2.66 bits per heavy atom. The summed E-state index contributed by atoms with van der Waals surface area (Å²) in [5.41, 5.74) is -0.754. The molecule has 1 aliphatic rings. The van der Waals surface area contributed by atoms with Crippen LogP contribution in [0, 0.1) is 16.0 Å². The zero-order chi connectivity index (χ0) is 25.3. The maximum atomic E-state index is 13.1. The number of thiophene rings is 1. The molecule has 1 saturated heterocycles. The van der Waals surface area contributed by atoms with Gasteiger partial charge in [-0.05, 0) is 37.3 Å². The fourth-order valence-electron chi connectivity index (χ4n) is 4.02. The van der Waals surface area contributed by atoms with Gasteiger partial charge < -0.3 is 19.4 Å². The van der Waals surface area contributed by atoms with Crippen LogP contribution in [0.5, 0.6) is 5.88 Å². The lowest BCUT2D eigenvalue weighted by Crippen LogP contribution is -2.35. The van der Waals surface area contributed by atoms with E-state index in [1.807, 2.05) is 4.90 Å². The lowest BCUT2D eigenvalue weighted by Gasteiger charge is -2.33. The largest absolute Gasteiger partial charge is 0.480 e. The van der Waals surface area contributed by atoms with Crippen molar-refractivity contribution in [1.82, 2.24) is 14.8 Å². The fourth-order valence-corrected chi connectivity index (χ4v) is 5.47. The van der Waals surface area contributed by atoms with Crippen molar-refractivity contribution >= 4 is 46.4 Å². The predicted molar refractivity (Wildman–Crippen MR) is 128 cm³/mol. The van der Waals surface area contributed by atoms with Crippen LogP contribution in [0.2, 0.25) is 0 Å². The molecule has 13 nitrogen and oxygen atoms in total. The maximum Gasteiger partial charge on any atom is 0.325 e. The molecule has 0 saturated carbocycles. The summed E-state index contributed by atoms with van der Waals surface area (Å²) in [4.78, 5) is 60.8. The number of rotatable bonds is 7. The van der Waals surface area contributed by atoms with E-state index in [-0.39, 0.29) is 33.2 Å². The van der Waals surface area contributed by atoms with E-state index in [0.717, 1.165) is 12.8 Å². The lowest BCUT2D eigenvalue weighted by molar-refractivity contribution is -0.380. The molecule has 1 aliphatic heterocycles. The molecule has 0 radical (unpaired) electrons. The third kappa shape index (κ3) is 5.40. The molecule has 15 heteroatoms. The molecule has 0 bridgehead atoms. The lowest BCUT2D eigenvalue weighted by atomic mass is 9.94. The Bertz CT molecular complexity index is 1390. The van der Waals surface area contributed by atoms with E-state index in [4.69, 9.17) is 14.5 Å². The molecule has 0 aliphatic carbocycles. The van der Waals surface area contributed by atoms with Gasteiger partial charge in [-0.1, -0.05) is 11.3 Å². The molecule has 4 heterocycles. The van der Waals surface area contributed by atoms with Crippen molar-refractivity contribution in [2.75, 3.05) is 31.3 Å². The van der Waals surface area contributed by atoms with Crippen molar-refractivity contribution in [3.05, 3.63) is 49.7 Å². The molecular weight excluding hydrogens is 501 g/mol. The Hall–Kier alpha value is -3.19. The van der Waals surface area contributed by atoms with Crippen molar-refractivity contribution in [2.45, 2.75) is 19.3 Å². The Labute approximate surface area is 202 Å². The van der Waals surface area contributed by atoms with Gasteiger partial charge in [-0.15, -0.1) is 0 Å².